The number of carbonyl (C=O) groups excluding carboxylic acids is 1. The summed E-state index contributed by atoms with van der Waals surface area (Å²) in [6.07, 6.45) is 0. The van der Waals surface area contributed by atoms with E-state index in [2.05, 4.69) is 5.32 Å². The third-order valence-electron chi connectivity index (χ3n) is 4.48. The third-order valence-corrected chi connectivity index (χ3v) is 6.99. The monoisotopic (exact) mass is 433 g/mol. The average molecular weight is 434 g/mol. The van der Waals surface area contributed by atoms with Gasteiger partial charge in [0.1, 0.15) is 5.02 Å². The van der Waals surface area contributed by atoms with E-state index < -0.39 is 15.1 Å². The summed E-state index contributed by atoms with van der Waals surface area (Å²) in [5.41, 5.74) is -0.00135. The Balaban J connectivity index is 1.90. The molecular weight excluding hydrogens is 410 g/mol. The molecule has 0 aromatic heterocycles. The van der Waals surface area contributed by atoms with Gasteiger partial charge in [-0.3, -0.25) is 19.8 Å². The molecule has 1 aromatic carbocycles. The number of anilines is 1. The molecule has 0 unspecified atom stereocenters. The number of rotatable bonds is 8. The largest absolute Gasteiger partial charge is 0.325 e. The Kier molecular flexibility index (Phi) is 7.72. The third kappa shape index (κ3) is 5.39. The van der Waals surface area contributed by atoms with Gasteiger partial charge in [0.25, 0.3) is 15.9 Å². The fourth-order valence-electron chi connectivity index (χ4n) is 2.97. The van der Waals surface area contributed by atoms with Crippen LogP contribution in [0.4, 0.5) is 11.4 Å². The van der Waals surface area contributed by atoms with Crippen molar-refractivity contribution in [3.8, 4) is 0 Å². The molecule has 1 saturated heterocycles. The molecule has 10 nitrogen and oxygen atoms in total. The summed E-state index contributed by atoms with van der Waals surface area (Å²) in [5, 5.41) is 13.5. The molecule has 0 atom stereocenters. The first-order chi connectivity index (χ1) is 13.2. The van der Waals surface area contributed by atoms with Gasteiger partial charge >= 0.3 is 0 Å². The number of nitro benzene ring substituents is 1. The van der Waals surface area contributed by atoms with E-state index in [1.54, 1.807) is 13.8 Å². The summed E-state index contributed by atoms with van der Waals surface area (Å²) >= 11 is 5.76. The highest BCUT2D eigenvalue weighted by Crippen LogP contribution is 2.27. The van der Waals surface area contributed by atoms with E-state index in [4.69, 9.17) is 11.6 Å². The number of nitrogens with one attached hydrogen (secondary N) is 1. The normalized spacial score (nSPS) is 16.3. The molecule has 12 heteroatoms. The number of hydrogen-bond acceptors (Lipinski definition) is 6. The Morgan fingerprint density at radius 2 is 1.86 bits per heavy atom. The lowest BCUT2D eigenvalue weighted by molar-refractivity contribution is -0.384. The van der Waals surface area contributed by atoms with Crippen LogP contribution in [0.25, 0.3) is 0 Å². The summed E-state index contributed by atoms with van der Waals surface area (Å²) in [6.45, 7) is 5.94. The highest BCUT2D eigenvalue weighted by molar-refractivity contribution is 7.86. The van der Waals surface area contributed by atoms with Crippen molar-refractivity contribution in [1.29, 1.82) is 0 Å². The maximum Gasteiger partial charge on any atom is 0.289 e. The number of hydrogen-bond donors (Lipinski definition) is 1. The molecule has 0 spiro atoms. The van der Waals surface area contributed by atoms with Gasteiger partial charge in [0, 0.05) is 51.0 Å². The molecule has 2 rings (SSSR count). The van der Waals surface area contributed by atoms with E-state index in [-0.39, 0.29) is 28.8 Å². The van der Waals surface area contributed by atoms with E-state index in [1.165, 1.54) is 26.8 Å². The Bertz CT molecular complexity index is 823. The quantitative estimate of drug-likeness (QED) is 0.489. The van der Waals surface area contributed by atoms with Crippen LogP contribution in [0.3, 0.4) is 0 Å². The molecule has 0 aliphatic carbocycles. The molecule has 0 saturated carbocycles. The molecule has 1 N–H and O–H groups in total. The zero-order valence-corrected chi connectivity index (χ0v) is 17.4. The van der Waals surface area contributed by atoms with E-state index in [0.717, 1.165) is 0 Å². The van der Waals surface area contributed by atoms with Crippen LogP contribution >= 0.6 is 11.6 Å². The molecule has 156 valence electrons. The van der Waals surface area contributed by atoms with Gasteiger partial charge in [-0.2, -0.15) is 17.0 Å². The number of nitrogens with zero attached hydrogens (tertiary/aromatic N) is 4. The second kappa shape index (κ2) is 9.61. The topological polar surface area (TPSA) is 116 Å². The molecule has 28 heavy (non-hydrogen) atoms. The fourth-order valence-corrected chi connectivity index (χ4v) is 4.76. The zero-order valence-electron chi connectivity index (χ0n) is 15.8. The van der Waals surface area contributed by atoms with E-state index in [0.29, 0.717) is 39.3 Å². The van der Waals surface area contributed by atoms with Crippen LogP contribution < -0.4 is 5.32 Å². The summed E-state index contributed by atoms with van der Waals surface area (Å²) in [7, 11) is -3.48. The van der Waals surface area contributed by atoms with Crippen molar-refractivity contribution < 1.29 is 18.1 Å². The Morgan fingerprint density at radius 1 is 1.25 bits per heavy atom. The molecule has 0 radical (unpaired) electrons. The van der Waals surface area contributed by atoms with Gasteiger partial charge in [-0.05, 0) is 12.1 Å². The molecule has 1 amide bonds. The minimum atomic E-state index is -3.48. The van der Waals surface area contributed by atoms with Crippen LogP contribution in [0.15, 0.2) is 18.2 Å². The van der Waals surface area contributed by atoms with E-state index in [9.17, 15) is 23.3 Å². The van der Waals surface area contributed by atoms with Crippen LogP contribution in [0.5, 0.6) is 0 Å². The first kappa shape index (κ1) is 22.5. The van der Waals surface area contributed by atoms with Gasteiger partial charge in [0.05, 0.1) is 11.5 Å². The SMILES string of the molecule is CCN(CC)S(=O)(=O)N1CCN(CC(=O)Nc2ccc(Cl)c([N+](=O)[O-])c2)CC1. The van der Waals surface area contributed by atoms with Gasteiger partial charge in [-0.25, -0.2) is 0 Å². The molecule has 1 fully saturated rings. The lowest BCUT2D eigenvalue weighted by Crippen LogP contribution is -2.54. The highest BCUT2D eigenvalue weighted by atomic mass is 35.5. The lowest BCUT2D eigenvalue weighted by atomic mass is 10.2. The molecule has 1 aromatic rings. The van der Waals surface area contributed by atoms with E-state index >= 15 is 0 Å². The highest BCUT2D eigenvalue weighted by Gasteiger charge is 2.31. The number of nitro groups is 1. The number of carbonyl (C=O) groups is 1. The number of halogens is 1. The molecular formula is C16H24ClN5O5S. The van der Waals surface area contributed by atoms with Gasteiger partial charge in [-0.15, -0.1) is 0 Å². The summed E-state index contributed by atoms with van der Waals surface area (Å²) in [4.78, 5) is 24.4. The van der Waals surface area contributed by atoms with Gasteiger partial charge < -0.3 is 5.32 Å². The van der Waals surface area contributed by atoms with Crippen molar-refractivity contribution in [1.82, 2.24) is 13.5 Å². The Morgan fingerprint density at radius 3 is 2.39 bits per heavy atom. The van der Waals surface area contributed by atoms with Crippen LogP contribution in [0.2, 0.25) is 5.02 Å². The standard InChI is InChI=1S/C16H24ClN5O5S/c1-3-20(4-2)28(26,27)21-9-7-19(8-10-21)12-16(23)18-13-5-6-14(17)15(11-13)22(24)25/h5-6,11H,3-4,7-10,12H2,1-2H3,(H,18,23). The minimum Gasteiger partial charge on any atom is -0.325 e. The second-order valence-corrected chi connectivity index (χ2v) is 8.57. The number of amides is 1. The van der Waals surface area contributed by atoms with Crippen molar-refractivity contribution in [2.45, 2.75) is 13.8 Å². The van der Waals surface area contributed by atoms with Gasteiger partial charge in [0.15, 0.2) is 0 Å². The predicted octanol–water partition coefficient (Wildman–Crippen LogP) is 1.39. The lowest BCUT2D eigenvalue weighted by Gasteiger charge is -2.35. The molecule has 1 aliphatic heterocycles. The first-order valence-corrected chi connectivity index (χ1v) is 10.7. The fraction of sp³-hybridized carbons (Fsp3) is 0.562. The van der Waals surface area contributed by atoms with Crippen molar-refractivity contribution in [3.63, 3.8) is 0 Å². The smallest absolute Gasteiger partial charge is 0.289 e. The Labute approximate surface area is 169 Å². The summed E-state index contributed by atoms with van der Waals surface area (Å²) < 4.78 is 27.9. The summed E-state index contributed by atoms with van der Waals surface area (Å²) in [6, 6.07) is 4.04. The minimum absolute atomic E-state index is 0.00599. The second-order valence-electron chi connectivity index (χ2n) is 6.24. The van der Waals surface area contributed by atoms with Crippen molar-refractivity contribution in [3.05, 3.63) is 33.3 Å². The van der Waals surface area contributed by atoms with Crippen LogP contribution in [-0.2, 0) is 15.0 Å². The predicted molar refractivity (Wildman–Crippen MR) is 107 cm³/mol. The van der Waals surface area contributed by atoms with Crippen LogP contribution in [-0.4, -0.2) is 78.6 Å². The van der Waals surface area contributed by atoms with Gasteiger partial charge in [0.2, 0.25) is 5.91 Å². The zero-order chi connectivity index (χ0) is 20.9. The molecule has 1 heterocycles. The molecule has 1 aliphatic rings. The van der Waals surface area contributed by atoms with Crippen molar-refractivity contribution in [2.75, 3.05) is 51.1 Å². The summed E-state index contributed by atoms with van der Waals surface area (Å²) in [5.74, 6) is -0.336. The first-order valence-electron chi connectivity index (χ1n) is 8.90. The maximum atomic E-state index is 12.5. The average Bonchev–Trinajstić information content (AvgIpc) is 2.64. The van der Waals surface area contributed by atoms with Gasteiger partial charge in [-0.1, -0.05) is 25.4 Å². The number of benzene rings is 1. The van der Waals surface area contributed by atoms with Crippen molar-refractivity contribution in [2.24, 2.45) is 0 Å². The van der Waals surface area contributed by atoms with Crippen molar-refractivity contribution >= 4 is 39.1 Å². The van der Waals surface area contributed by atoms with Crippen LogP contribution in [0, 0.1) is 10.1 Å². The van der Waals surface area contributed by atoms with E-state index in [1.807, 2.05) is 4.90 Å². The Hall–Kier alpha value is -1.79. The van der Waals surface area contributed by atoms with Crippen LogP contribution in [0.1, 0.15) is 13.8 Å². The maximum absolute atomic E-state index is 12.5. The number of piperazine rings is 1. The molecule has 0 bridgehead atoms.